The zero-order valence-electron chi connectivity index (χ0n) is 15.6. The Morgan fingerprint density at radius 1 is 1.21 bits per heavy atom. The Morgan fingerprint density at radius 3 is 2.86 bits per heavy atom. The van der Waals surface area contributed by atoms with Crippen molar-refractivity contribution in [3.8, 4) is 17.2 Å². The molecule has 1 aliphatic heterocycles. The number of rotatable bonds is 7. The van der Waals surface area contributed by atoms with Gasteiger partial charge in [-0.1, -0.05) is 12.8 Å². The minimum atomic E-state index is -0.263. The first kappa shape index (κ1) is 18.3. The molecule has 1 saturated carbocycles. The van der Waals surface area contributed by atoms with Crippen LogP contribution in [0.4, 0.5) is 0 Å². The van der Waals surface area contributed by atoms with Crippen LogP contribution in [0.25, 0.3) is 0 Å². The number of benzene rings is 1. The molecule has 1 fully saturated rings. The third kappa shape index (κ3) is 4.27. The summed E-state index contributed by atoms with van der Waals surface area (Å²) >= 11 is 0. The first-order chi connectivity index (χ1) is 13.7. The average Bonchev–Trinajstić information content (AvgIpc) is 3.39. The maximum Gasteiger partial charge on any atom is 0.258 e. The van der Waals surface area contributed by atoms with Crippen LogP contribution in [0.5, 0.6) is 17.2 Å². The normalized spacial score (nSPS) is 15.6. The van der Waals surface area contributed by atoms with Crippen LogP contribution < -0.4 is 25.1 Å². The van der Waals surface area contributed by atoms with Crippen LogP contribution >= 0.6 is 0 Å². The second-order valence-electron chi connectivity index (χ2n) is 6.98. The van der Waals surface area contributed by atoms with Crippen LogP contribution in [0.3, 0.4) is 0 Å². The van der Waals surface area contributed by atoms with E-state index in [9.17, 15) is 9.59 Å². The van der Waals surface area contributed by atoms with Crippen molar-refractivity contribution in [1.29, 1.82) is 0 Å². The fourth-order valence-electron chi connectivity index (χ4n) is 3.54. The van der Waals surface area contributed by atoms with E-state index in [0.717, 1.165) is 18.5 Å². The summed E-state index contributed by atoms with van der Waals surface area (Å²) in [6, 6.07) is 6.77. The molecule has 0 atom stereocenters. The molecule has 0 bridgehead atoms. The van der Waals surface area contributed by atoms with Crippen LogP contribution in [-0.2, 0) is 11.3 Å². The first-order valence-electron chi connectivity index (χ1n) is 9.54. The van der Waals surface area contributed by atoms with Gasteiger partial charge in [0, 0.05) is 31.1 Å². The summed E-state index contributed by atoms with van der Waals surface area (Å²) < 4.78 is 17.5. The van der Waals surface area contributed by atoms with Gasteiger partial charge in [-0.3, -0.25) is 14.2 Å². The summed E-state index contributed by atoms with van der Waals surface area (Å²) in [5.74, 6) is 1.94. The largest absolute Gasteiger partial charge is 0.484 e. The van der Waals surface area contributed by atoms with E-state index in [4.69, 9.17) is 14.2 Å². The van der Waals surface area contributed by atoms with E-state index < -0.39 is 0 Å². The predicted molar refractivity (Wildman–Crippen MR) is 101 cm³/mol. The van der Waals surface area contributed by atoms with Crippen LogP contribution in [-0.4, -0.2) is 35.4 Å². The maximum atomic E-state index is 12.2. The summed E-state index contributed by atoms with van der Waals surface area (Å²) in [6.07, 6.45) is 6.20. The monoisotopic (exact) mass is 385 g/mol. The third-order valence-electron chi connectivity index (χ3n) is 5.06. The number of carbonyl (C=O) groups is 1. The molecule has 1 aromatic heterocycles. The summed E-state index contributed by atoms with van der Waals surface area (Å²) in [4.78, 5) is 28.6. The SMILES string of the molecule is O=C(COc1ccc2c(c1)OCO2)NCCn1cnc(C2CCCC2)cc1=O. The van der Waals surface area contributed by atoms with Crippen molar-refractivity contribution in [1.82, 2.24) is 14.9 Å². The Morgan fingerprint density at radius 2 is 2.04 bits per heavy atom. The highest BCUT2D eigenvalue weighted by Gasteiger charge is 2.19. The van der Waals surface area contributed by atoms with Crippen molar-refractivity contribution in [3.63, 3.8) is 0 Å². The quantitative estimate of drug-likeness (QED) is 0.782. The molecule has 0 saturated heterocycles. The van der Waals surface area contributed by atoms with Gasteiger partial charge in [0.1, 0.15) is 5.75 Å². The number of aromatic nitrogens is 2. The van der Waals surface area contributed by atoms with Gasteiger partial charge in [-0.2, -0.15) is 0 Å². The zero-order valence-corrected chi connectivity index (χ0v) is 15.6. The van der Waals surface area contributed by atoms with Crippen molar-refractivity contribution in [2.45, 2.75) is 38.1 Å². The maximum absolute atomic E-state index is 12.2. The molecule has 1 aliphatic carbocycles. The standard InChI is InChI=1S/C20H23N3O5/c24-19(11-26-15-5-6-17-18(9-15)28-13-27-17)21-7-8-23-12-22-16(10-20(23)25)14-3-1-2-4-14/h5-6,9-10,12,14H,1-4,7-8,11,13H2,(H,21,24). The Kier molecular flexibility index (Phi) is 5.45. The second kappa shape index (κ2) is 8.33. The van der Waals surface area contributed by atoms with Gasteiger partial charge >= 0.3 is 0 Å². The molecule has 1 amide bonds. The van der Waals surface area contributed by atoms with Gasteiger partial charge in [-0.05, 0) is 25.0 Å². The van der Waals surface area contributed by atoms with Gasteiger partial charge in [0.15, 0.2) is 18.1 Å². The number of fused-ring (bicyclic) bond motifs is 1. The van der Waals surface area contributed by atoms with E-state index in [1.54, 1.807) is 30.6 Å². The van der Waals surface area contributed by atoms with E-state index in [-0.39, 0.29) is 24.9 Å². The molecule has 1 N–H and O–H groups in total. The topological polar surface area (TPSA) is 91.7 Å². The minimum Gasteiger partial charge on any atom is -0.484 e. The predicted octanol–water partition coefficient (Wildman–Crippen LogP) is 1.82. The van der Waals surface area contributed by atoms with Gasteiger partial charge in [-0.15, -0.1) is 0 Å². The first-order valence-corrected chi connectivity index (χ1v) is 9.54. The number of carbonyl (C=O) groups excluding carboxylic acids is 1. The van der Waals surface area contributed by atoms with Crippen molar-refractivity contribution in [3.05, 3.63) is 46.6 Å². The van der Waals surface area contributed by atoms with E-state index in [0.29, 0.717) is 36.3 Å². The number of amides is 1. The molecule has 1 aromatic carbocycles. The lowest BCUT2D eigenvalue weighted by molar-refractivity contribution is -0.123. The number of hydrogen-bond donors (Lipinski definition) is 1. The van der Waals surface area contributed by atoms with Gasteiger partial charge in [0.25, 0.3) is 11.5 Å². The van der Waals surface area contributed by atoms with Crippen molar-refractivity contribution in [2.24, 2.45) is 0 Å². The van der Waals surface area contributed by atoms with Crippen molar-refractivity contribution in [2.75, 3.05) is 19.9 Å². The highest BCUT2D eigenvalue weighted by atomic mass is 16.7. The van der Waals surface area contributed by atoms with Crippen LogP contribution in [0.1, 0.15) is 37.3 Å². The van der Waals surface area contributed by atoms with Crippen molar-refractivity contribution >= 4 is 5.91 Å². The van der Waals surface area contributed by atoms with Gasteiger partial charge in [-0.25, -0.2) is 4.98 Å². The zero-order chi connectivity index (χ0) is 19.3. The number of ether oxygens (including phenoxy) is 3. The molecule has 8 nitrogen and oxygen atoms in total. The highest BCUT2D eigenvalue weighted by molar-refractivity contribution is 5.77. The Hall–Kier alpha value is -3.03. The lowest BCUT2D eigenvalue weighted by atomic mass is 10.0. The third-order valence-corrected chi connectivity index (χ3v) is 5.06. The molecule has 2 heterocycles. The average molecular weight is 385 g/mol. The number of nitrogens with zero attached hydrogens (tertiary/aromatic N) is 2. The smallest absolute Gasteiger partial charge is 0.258 e. The fourth-order valence-corrected chi connectivity index (χ4v) is 3.54. The van der Waals surface area contributed by atoms with E-state index in [2.05, 4.69) is 10.3 Å². The van der Waals surface area contributed by atoms with Crippen LogP contribution in [0.2, 0.25) is 0 Å². The van der Waals surface area contributed by atoms with Crippen LogP contribution in [0.15, 0.2) is 35.4 Å². The molecule has 4 rings (SSSR count). The molecule has 8 heteroatoms. The van der Waals surface area contributed by atoms with Crippen molar-refractivity contribution < 1.29 is 19.0 Å². The second-order valence-corrected chi connectivity index (χ2v) is 6.98. The van der Waals surface area contributed by atoms with E-state index >= 15 is 0 Å². The Labute approximate surface area is 162 Å². The molecule has 2 aliphatic rings. The van der Waals surface area contributed by atoms with Crippen LogP contribution in [0, 0.1) is 0 Å². The minimum absolute atomic E-state index is 0.0808. The molecular weight excluding hydrogens is 362 g/mol. The van der Waals surface area contributed by atoms with Gasteiger partial charge in [0.2, 0.25) is 6.79 Å². The summed E-state index contributed by atoms with van der Waals surface area (Å²) in [5.41, 5.74) is 0.808. The molecule has 28 heavy (non-hydrogen) atoms. The number of nitrogens with one attached hydrogen (secondary N) is 1. The Balaban J connectivity index is 1.22. The summed E-state index contributed by atoms with van der Waals surface area (Å²) in [5, 5.41) is 2.74. The summed E-state index contributed by atoms with van der Waals surface area (Å²) in [7, 11) is 0. The highest BCUT2D eigenvalue weighted by Crippen LogP contribution is 2.35. The molecule has 0 unspecified atom stereocenters. The van der Waals surface area contributed by atoms with E-state index in [1.165, 1.54) is 17.4 Å². The van der Waals surface area contributed by atoms with E-state index in [1.807, 2.05) is 0 Å². The molecule has 0 radical (unpaired) electrons. The van der Waals surface area contributed by atoms with Gasteiger partial charge in [0.05, 0.1) is 12.0 Å². The molecular formula is C20H23N3O5. The molecule has 0 spiro atoms. The number of hydrogen-bond acceptors (Lipinski definition) is 6. The fraction of sp³-hybridized carbons (Fsp3) is 0.450. The molecule has 2 aromatic rings. The van der Waals surface area contributed by atoms with Gasteiger partial charge < -0.3 is 19.5 Å². The lowest BCUT2D eigenvalue weighted by Crippen LogP contribution is -2.33. The molecule has 148 valence electrons. The summed E-state index contributed by atoms with van der Waals surface area (Å²) in [6.45, 7) is 0.767. The lowest BCUT2D eigenvalue weighted by Gasteiger charge is -2.11. The Bertz CT molecular complexity index is 905.